The minimum absolute atomic E-state index is 0.402. The number of pyridine rings is 1. The van der Waals surface area contributed by atoms with Crippen molar-refractivity contribution in [3.63, 3.8) is 0 Å². The van der Waals surface area contributed by atoms with Gasteiger partial charge in [-0.3, -0.25) is 4.98 Å². The van der Waals surface area contributed by atoms with Gasteiger partial charge >= 0.3 is 0 Å². The molecule has 3 nitrogen and oxygen atoms in total. The average molecular weight is 283 g/mol. The van der Waals surface area contributed by atoms with E-state index in [1.807, 2.05) is 12.4 Å². The van der Waals surface area contributed by atoms with Gasteiger partial charge in [-0.15, -0.1) is 0 Å². The summed E-state index contributed by atoms with van der Waals surface area (Å²) in [5.41, 5.74) is 3.89. The molecule has 1 N–H and O–H groups in total. The first kappa shape index (κ1) is 15.5. The van der Waals surface area contributed by atoms with Crippen LogP contribution in [0.2, 0.25) is 0 Å². The van der Waals surface area contributed by atoms with E-state index in [-0.39, 0.29) is 0 Å². The summed E-state index contributed by atoms with van der Waals surface area (Å²) in [5.74, 6) is 0. The molecule has 1 aromatic heterocycles. The SMILES string of the molecule is CCNC(C)c1ccc(N(CC)Cc2ccncc2)cc1. The summed E-state index contributed by atoms with van der Waals surface area (Å²) in [6.45, 7) is 9.43. The number of nitrogens with zero attached hydrogens (tertiary/aromatic N) is 2. The van der Waals surface area contributed by atoms with Crippen LogP contribution in [0.5, 0.6) is 0 Å². The lowest BCUT2D eigenvalue weighted by molar-refractivity contribution is 0.598. The fourth-order valence-electron chi connectivity index (χ4n) is 2.49. The molecule has 0 aliphatic rings. The van der Waals surface area contributed by atoms with E-state index >= 15 is 0 Å². The van der Waals surface area contributed by atoms with Crippen LogP contribution in [0, 0.1) is 0 Å². The van der Waals surface area contributed by atoms with E-state index < -0.39 is 0 Å². The summed E-state index contributed by atoms with van der Waals surface area (Å²) in [4.78, 5) is 6.45. The molecule has 0 spiro atoms. The van der Waals surface area contributed by atoms with E-state index in [0.29, 0.717) is 6.04 Å². The molecule has 1 aromatic carbocycles. The van der Waals surface area contributed by atoms with E-state index in [1.54, 1.807) is 0 Å². The van der Waals surface area contributed by atoms with Crippen LogP contribution < -0.4 is 10.2 Å². The highest BCUT2D eigenvalue weighted by Gasteiger charge is 2.07. The molecule has 0 amide bonds. The van der Waals surface area contributed by atoms with E-state index in [4.69, 9.17) is 0 Å². The summed E-state index contributed by atoms with van der Waals surface area (Å²) < 4.78 is 0. The maximum atomic E-state index is 4.07. The Morgan fingerprint density at radius 2 is 1.71 bits per heavy atom. The van der Waals surface area contributed by atoms with E-state index in [1.165, 1.54) is 16.8 Å². The van der Waals surface area contributed by atoms with E-state index in [0.717, 1.165) is 19.6 Å². The Morgan fingerprint density at radius 1 is 1.05 bits per heavy atom. The lowest BCUT2D eigenvalue weighted by atomic mass is 10.1. The largest absolute Gasteiger partial charge is 0.367 e. The van der Waals surface area contributed by atoms with Gasteiger partial charge in [0.05, 0.1) is 0 Å². The molecule has 1 unspecified atom stereocenters. The van der Waals surface area contributed by atoms with Crippen molar-refractivity contribution < 1.29 is 0 Å². The number of hydrogen-bond acceptors (Lipinski definition) is 3. The molecule has 0 fully saturated rings. The molecule has 0 bridgehead atoms. The number of nitrogens with one attached hydrogen (secondary N) is 1. The van der Waals surface area contributed by atoms with Crippen LogP contribution in [0.3, 0.4) is 0 Å². The van der Waals surface area contributed by atoms with Crippen molar-refractivity contribution in [2.45, 2.75) is 33.4 Å². The molecule has 0 aliphatic carbocycles. The summed E-state index contributed by atoms with van der Waals surface area (Å²) in [5, 5.41) is 3.44. The van der Waals surface area contributed by atoms with Gasteiger partial charge in [0.25, 0.3) is 0 Å². The first-order valence-corrected chi connectivity index (χ1v) is 7.71. The fraction of sp³-hybridized carbons (Fsp3) is 0.389. The highest BCUT2D eigenvalue weighted by atomic mass is 15.1. The zero-order chi connectivity index (χ0) is 15.1. The zero-order valence-electron chi connectivity index (χ0n) is 13.2. The van der Waals surface area contributed by atoms with Crippen molar-refractivity contribution in [1.82, 2.24) is 10.3 Å². The Bertz CT molecular complexity index is 522. The standard InChI is InChI=1S/C18H25N3/c1-4-20-15(3)17-6-8-18(9-7-17)21(5-2)14-16-10-12-19-13-11-16/h6-13,15,20H,4-5,14H2,1-3H3. The minimum Gasteiger partial charge on any atom is -0.367 e. The van der Waals surface area contributed by atoms with Crippen molar-refractivity contribution in [2.24, 2.45) is 0 Å². The second-order valence-electron chi connectivity index (χ2n) is 5.24. The highest BCUT2D eigenvalue weighted by Crippen LogP contribution is 2.20. The summed E-state index contributed by atoms with van der Waals surface area (Å²) >= 11 is 0. The van der Waals surface area contributed by atoms with Gasteiger partial charge in [0.1, 0.15) is 0 Å². The number of rotatable bonds is 7. The van der Waals surface area contributed by atoms with Gasteiger partial charge in [0.2, 0.25) is 0 Å². The molecule has 1 atom stereocenters. The molecule has 1 heterocycles. The van der Waals surface area contributed by atoms with Crippen LogP contribution in [0.4, 0.5) is 5.69 Å². The Labute approximate surface area is 128 Å². The number of benzene rings is 1. The Kier molecular flexibility index (Phi) is 5.76. The summed E-state index contributed by atoms with van der Waals surface area (Å²) in [7, 11) is 0. The van der Waals surface area contributed by atoms with Gasteiger partial charge < -0.3 is 10.2 Å². The summed E-state index contributed by atoms with van der Waals surface area (Å²) in [6.07, 6.45) is 3.70. The van der Waals surface area contributed by atoms with Gasteiger partial charge in [-0.05, 0) is 55.8 Å². The highest BCUT2D eigenvalue weighted by molar-refractivity contribution is 5.48. The van der Waals surface area contributed by atoms with Gasteiger partial charge in [-0.2, -0.15) is 0 Å². The van der Waals surface area contributed by atoms with Crippen LogP contribution >= 0.6 is 0 Å². The lowest BCUT2D eigenvalue weighted by Crippen LogP contribution is -2.22. The van der Waals surface area contributed by atoms with E-state index in [2.05, 4.69) is 72.4 Å². The second-order valence-corrected chi connectivity index (χ2v) is 5.24. The number of hydrogen-bond donors (Lipinski definition) is 1. The fourth-order valence-corrected chi connectivity index (χ4v) is 2.49. The molecule has 2 rings (SSSR count). The maximum absolute atomic E-state index is 4.07. The molecule has 112 valence electrons. The first-order valence-electron chi connectivity index (χ1n) is 7.71. The lowest BCUT2D eigenvalue weighted by Gasteiger charge is -2.24. The van der Waals surface area contributed by atoms with Gasteiger partial charge in [-0.1, -0.05) is 19.1 Å². The maximum Gasteiger partial charge on any atom is 0.0430 e. The van der Waals surface area contributed by atoms with Crippen LogP contribution in [-0.4, -0.2) is 18.1 Å². The number of anilines is 1. The van der Waals surface area contributed by atoms with Gasteiger partial charge in [0.15, 0.2) is 0 Å². The van der Waals surface area contributed by atoms with Gasteiger partial charge in [-0.25, -0.2) is 0 Å². The third kappa shape index (κ3) is 4.30. The topological polar surface area (TPSA) is 28.2 Å². The predicted octanol–water partition coefficient (Wildman–Crippen LogP) is 3.78. The molecular formula is C18H25N3. The monoisotopic (exact) mass is 283 g/mol. The Hall–Kier alpha value is -1.87. The van der Waals surface area contributed by atoms with E-state index in [9.17, 15) is 0 Å². The Balaban J connectivity index is 2.08. The smallest absolute Gasteiger partial charge is 0.0430 e. The van der Waals surface area contributed by atoms with Crippen molar-refractivity contribution in [2.75, 3.05) is 18.0 Å². The molecular weight excluding hydrogens is 258 g/mol. The third-order valence-corrected chi connectivity index (χ3v) is 3.77. The summed E-state index contributed by atoms with van der Waals surface area (Å²) in [6, 6.07) is 13.4. The quantitative estimate of drug-likeness (QED) is 0.838. The zero-order valence-corrected chi connectivity index (χ0v) is 13.2. The van der Waals surface area contributed by atoms with Gasteiger partial charge in [0, 0.05) is 37.2 Å². The van der Waals surface area contributed by atoms with Crippen molar-refractivity contribution >= 4 is 5.69 Å². The molecule has 0 saturated carbocycles. The molecule has 0 aliphatic heterocycles. The van der Waals surface area contributed by atoms with Crippen LogP contribution in [0.25, 0.3) is 0 Å². The predicted molar refractivity (Wildman–Crippen MR) is 89.5 cm³/mol. The molecule has 2 aromatic rings. The Morgan fingerprint density at radius 3 is 2.29 bits per heavy atom. The second kappa shape index (κ2) is 7.79. The molecule has 3 heteroatoms. The first-order chi connectivity index (χ1) is 10.2. The van der Waals surface area contributed by atoms with Crippen LogP contribution in [-0.2, 0) is 6.54 Å². The van der Waals surface area contributed by atoms with Crippen LogP contribution in [0.1, 0.15) is 37.9 Å². The normalized spacial score (nSPS) is 12.1. The van der Waals surface area contributed by atoms with Crippen LogP contribution in [0.15, 0.2) is 48.8 Å². The molecule has 0 saturated heterocycles. The molecule has 21 heavy (non-hydrogen) atoms. The van der Waals surface area contributed by atoms with Crippen molar-refractivity contribution in [3.8, 4) is 0 Å². The third-order valence-electron chi connectivity index (χ3n) is 3.77. The number of aromatic nitrogens is 1. The minimum atomic E-state index is 0.402. The van der Waals surface area contributed by atoms with Crippen molar-refractivity contribution in [1.29, 1.82) is 0 Å². The average Bonchev–Trinajstić information content (AvgIpc) is 2.54. The van der Waals surface area contributed by atoms with Crippen molar-refractivity contribution in [3.05, 3.63) is 59.9 Å². The molecule has 0 radical (unpaired) electrons.